The molecule has 4 rings (SSSR count). The molecule has 0 aliphatic carbocycles. The van der Waals surface area contributed by atoms with E-state index >= 15 is 0 Å². The van der Waals surface area contributed by atoms with Crippen LogP contribution in [-0.4, -0.2) is 40.4 Å². The zero-order chi connectivity index (χ0) is 18.6. The first-order valence-electron chi connectivity index (χ1n) is 9.75. The zero-order valence-electron chi connectivity index (χ0n) is 16.0. The van der Waals surface area contributed by atoms with Crippen LogP contribution in [0, 0.1) is 0 Å². The smallest absolute Gasteiger partial charge is 0.154 e. The van der Waals surface area contributed by atoms with E-state index in [0.29, 0.717) is 12.6 Å². The highest BCUT2D eigenvalue weighted by Crippen LogP contribution is 2.26. The Labute approximate surface area is 160 Å². The van der Waals surface area contributed by atoms with Crippen molar-refractivity contribution in [3.63, 3.8) is 0 Å². The molecule has 3 aromatic rings. The SMILES string of the molecule is CC(C)OCCNc1ccc2ncc(-c3ccc(C4CCCN4)cc3)n2n1. The summed E-state index contributed by atoms with van der Waals surface area (Å²) in [6.07, 6.45) is 4.59. The van der Waals surface area contributed by atoms with Crippen molar-refractivity contribution in [1.29, 1.82) is 0 Å². The van der Waals surface area contributed by atoms with Crippen molar-refractivity contribution >= 4 is 11.5 Å². The van der Waals surface area contributed by atoms with Gasteiger partial charge in [0, 0.05) is 18.2 Å². The summed E-state index contributed by atoms with van der Waals surface area (Å²) in [5.74, 6) is 0.820. The van der Waals surface area contributed by atoms with Gasteiger partial charge in [-0.05, 0) is 50.9 Å². The Morgan fingerprint density at radius 1 is 1.22 bits per heavy atom. The van der Waals surface area contributed by atoms with E-state index in [1.165, 1.54) is 18.4 Å². The predicted molar refractivity (Wildman–Crippen MR) is 108 cm³/mol. The van der Waals surface area contributed by atoms with Crippen LogP contribution < -0.4 is 10.6 Å². The summed E-state index contributed by atoms with van der Waals surface area (Å²) in [6, 6.07) is 13.2. The lowest BCUT2D eigenvalue weighted by Gasteiger charge is -2.11. The Morgan fingerprint density at radius 2 is 2.07 bits per heavy atom. The number of hydrogen-bond donors (Lipinski definition) is 2. The summed E-state index contributed by atoms with van der Waals surface area (Å²) in [7, 11) is 0. The lowest BCUT2D eigenvalue weighted by atomic mass is 10.0. The minimum atomic E-state index is 0.241. The largest absolute Gasteiger partial charge is 0.377 e. The van der Waals surface area contributed by atoms with Gasteiger partial charge >= 0.3 is 0 Å². The van der Waals surface area contributed by atoms with Crippen LogP contribution in [0.15, 0.2) is 42.6 Å². The third kappa shape index (κ3) is 4.12. The van der Waals surface area contributed by atoms with Crippen LogP contribution in [0.4, 0.5) is 5.82 Å². The molecular formula is C21H27N5O. The minimum Gasteiger partial charge on any atom is -0.377 e. The summed E-state index contributed by atoms with van der Waals surface area (Å²) in [5, 5.41) is 11.6. The molecule has 2 N–H and O–H groups in total. The van der Waals surface area contributed by atoms with Gasteiger partial charge in [0.15, 0.2) is 5.65 Å². The van der Waals surface area contributed by atoms with E-state index < -0.39 is 0 Å². The Balaban J connectivity index is 1.52. The summed E-state index contributed by atoms with van der Waals surface area (Å²) in [6.45, 7) is 6.57. The molecule has 1 unspecified atom stereocenters. The van der Waals surface area contributed by atoms with Crippen LogP contribution in [0.2, 0.25) is 0 Å². The predicted octanol–water partition coefficient (Wildman–Crippen LogP) is 3.66. The standard InChI is InChI=1S/C21H27N5O/c1-15(2)27-13-12-23-20-9-10-21-24-14-19(26(21)25-20)17-7-5-16(6-8-17)18-4-3-11-22-18/h5-10,14-15,18,22H,3-4,11-13H2,1-2H3,(H,23,25). The van der Waals surface area contributed by atoms with E-state index in [4.69, 9.17) is 9.84 Å². The number of fused-ring (bicyclic) bond motifs is 1. The summed E-state index contributed by atoms with van der Waals surface area (Å²) < 4.78 is 7.47. The van der Waals surface area contributed by atoms with Crippen LogP contribution in [0.25, 0.3) is 16.9 Å². The molecule has 1 saturated heterocycles. The summed E-state index contributed by atoms with van der Waals surface area (Å²) in [4.78, 5) is 4.49. The zero-order valence-corrected chi connectivity index (χ0v) is 16.0. The Hall–Kier alpha value is -2.44. The molecule has 1 fully saturated rings. The average molecular weight is 365 g/mol. The lowest BCUT2D eigenvalue weighted by molar-refractivity contribution is 0.0870. The normalized spacial score (nSPS) is 17.1. The highest BCUT2D eigenvalue weighted by molar-refractivity contribution is 5.64. The lowest BCUT2D eigenvalue weighted by Crippen LogP contribution is -2.14. The molecule has 1 aromatic carbocycles. The molecule has 27 heavy (non-hydrogen) atoms. The van der Waals surface area contributed by atoms with E-state index in [-0.39, 0.29) is 6.10 Å². The van der Waals surface area contributed by atoms with Gasteiger partial charge in [-0.25, -0.2) is 9.50 Å². The second-order valence-corrected chi connectivity index (χ2v) is 7.25. The van der Waals surface area contributed by atoms with Crippen LogP contribution >= 0.6 is 0 Å². The number of rotatable bonds is 7. The van der Waals surface area contributed by atoms with Gasteiger partial charge in [-0.3, -0.25) is 0 Å². The molecule has 1 atom stereocenters. The van der Waals surface area contributed by atoms with Gasteiger partial charge in [-0.2, -0.15) is 0 Å². The van der Waals surface area contributed by atoms with Crippen molar-refractivity contribution in [2.45, 2.75) is 38.8 Å². The Bertz CT molecular complexity index is 881. The second-order valence-electron chi connectivity index (χ2n) is 7.25. The highest BCUT2D eigenvalue weighted by atomic mass is 16.5. The fourth-order valence-corrected chi connectivity index (χ4v) is 3.49. The Kier molecular flexibility index (Phi) is 5.36. The minimum absolute atomic E-state index is 0.241. The van der Waals surface area contributed by atoms with Gasteiger partial charge in [0.1, 0.15) is 5.82 Å². The van der Waals surface area contributed by atoms with E-state index in [0.717, 1.165) is 35.8 Å². The molecule has 0 saturated carbocycles. The van der Waals surface area contributed by atoms with Gasteiger partial charge in [-0.1, -0.05) is 24.3 Å². The van der Waals surface area contributed by atoms with E-state index in [2.05, 4.69) is 39.9 Å². The first-order valence-corrected chi connectivity index (χ1v) is 9.75. The van der Waals surface area contributed by atoms with Crippen molar-refractivity contribution in [3.8, 4) is 11.3 Å². The maximum absolute atomic E-state index is 5.57. The van der Waals surface area contributed by atoms with Gasteiger partial charge in [0.05, 0.1) is 24.6 Å². The second kappa shape index (κ2) is 8.06. The third-order valence-electron chi connectivity index (χ3n) is 4.89. The molecule has 0 bridgehead atoms. The molecular weight excluding hydrogens is 338 g/mol. The molecule has 0 spiro atoms. The number of nitrogens with one attached hydrogen (secondary N) is 2. The van der Waals surface area contributed by atoms with Crippen molar-refractivity contribution < 1.29 is 4.74 Å². The van der Waals surface area contributed by atoms with Crippen LogP contribution in [0.5, 0.6) is 0 Å². The molecule has 1 aliphatic heterocycles. The molecule has 6 heteroatoms. The molecule has 142 valence electrons. The molecule has 0 radical (unpaired) electrons. The van der Waals surface area contributed by atoms with Crippen molar-refractivity contribution in [2.24, 2.45) is 0 Å². The number of hydrogen-bond acceptors (Lipinski definition) is 5. The molecule has 0 amide bonds. The molecule has 2 aromatic heterocycles. The van der Waals surface area contributed by atoms with Gasteiger partial charge in [-0.15, -0.1) is 5.10 Å². The molecule has 6 nitrogen and oxygen atoms in total. The van der Waals surface area contributed by atoms with Crippen LogP contribution in [-0.2, 0) is 4.74 Å². The fourth-order valence-electron chi connectivity index (χ4n) is 3.49. The molecule has 1 aliphatic rings. The van der Waals surface area contributed by atoms with Gasteiger partial charge in [0.25, 0.3) is 0 Å². The Morgan fingerprint density at radius 3 is 2.81 bits per heavy atom. The van der Waals surface area contributed by atoms with Gasteiger partial charge in [0.2, 0.25) is 0 Å². The molecule has 3 heterocycles. The summed E-state index contributed by atoms with van der Waals surface area (Å²) >= 11 is 0. The van der Waals surface area contributed by atoms with E-state index in [1.807, 2.05) is 36.7 Å². The summed E-state index contributed by atoms with van der Waals surface area (Å²) in [5.41, 5.74) is 4.32. The number of imidazole rings is 1. The number of benzene rings is 1. The maximum atomic E-state index is 5.57. The number of nitrogens with zero attached hydrogens (tertiary/aromatic N) is 3. The highest BCUT2D eigenvalue weighted by Gasteiger charge is 2.16. The topological polar surface area (TPSA) is 63.5 Å². The average Bonchev–Trinajstić information content (AvgIpc) is 3.35. The van der Waals surface area contributed by atoms with Crippen molar-refractivity contribution in [1.82, 2.24) is 19.9 Å². The van der Waals surface area contributed by atoms with Crippen molar-refractivity contribution in [2.75, 3.05) is 25.0 Å². The number of anilines is 1. The monoisotopic (exact) mass is 365 g/mol. The van der Waals surface area contributed by atoms with Crippen LogP contribution in [0.3, 0.4) is 0 Å². The van der Waals surface area contributed by atoms with E-state index in [9.17, 15) is 0 Å². The fraction of sp³-hybridized carbons (Fsp3) is 0.429. The maximum Gasteiger partial charge on any atom is 0.154 e. The quantitative estimate of drug-likeness (QED) is 0.626. The third-order valence-corrected chi connectivity index (χ3v) is 4.89. The van der Waals surface area contributed by atoms with E-state index in [1.54, 1.807) is 0 Å². The number of aromatic nitrogens is 3. The first-order chi connectivity index (χ1) is 13.2. The number of ether oxygens (including phenoxy) is 1. The van der Waals surface area contributed by atoms with Crippen molar-refractivity contribution in [3.05, 3.63) is 48.2 Å². The first kappa shape index (κ1) is 17.9. The van der Waals surface area contributed by atoms with Crippen LogP contribution in [0.1, 0.15) is 38.3 Å². The van der Waals surface area contributed by atoms with Gasteiger partial charge < -0.3 is 15.4 Å².